The molecule has 0 fully saturated rings. The third-order valence-corrected chi connectivity index (χ3v) is 2.24. The fourth-order valence-corrected chi connectivity index (χ4v) is 1.34. The van der Waals surface area contributed by atoms with E-state index in [1.165, 1.54) is 0 Å². The van der Waals surface area contributed by atoms with E-state index in [9.17, 15) is 9.59 Å². The Balaban J connectivity index is 3.74. The van der Waals surface area contributed by atoms with E-state index < -0.39 is 11.9 Å². The summed E-state index contributed by atoms with van der Waals surface area (Å²) in [5.41, 5.74) is 0. The van der Waals surface area contributed by atoms with Crippen molar-refractivity contribution in [3.8, 4) is 0 Å². The quantitative estimate of drug-likeness (QED) is 0.507. The molecule has 1 amide bonds. The highest BCUT2D eigenvalue weighted by atomic mass is 16.4. The Labute approximate surface area is 96.6 Å². The number of hydrogen-bond acceptors (Lipinski definition) is 3. The van der Waals surface area contributed by atoms with Crippen LogP contribution in [0.2, 0.25) is 0 Å². The zero-order chi connectivity index (χ0) is 12.4. The van der Waals surface area contributed by atoms with Crippen molar-refractivity contribution in [2.24, 2.45) is 5.92 Å². The number of nitrogens with one attached hydrogen (secondary N) is 2. The maximum absolute atomic E-state index is 11.3. The first kappa shape index (κ1) is 14.9. The lowest BCUT2D eigenvalue weighted by atomic mass is 10.0. The highest BCUT2D eigenvalue weighted by Gasteiger charge is 2.16. The molecule has 1 atom stereocenters. The van der Waals surface area contributed by atoms with Crippen LogP contribution in [0.1, 0.15) is 33.1 Å². The van der Waals surface area contributed by atoms with E-state index in [-0.39, 0.29) is 19.0 Å². The van der Waals surface area contributed by atoms with Gasteiger partial charge in [0.1, 0.15) is 0 Å². The Bertz CT molecular complexity index is 219. The van der Waals surface area contributed by atoms with Gasteiger partial charge in [-0.15, -0.1) is 0 Å². The lowest BCUT2D eigenvalue weighted by Crippen LogP contribution is -2.38. The Morgan fingerprint density at radius 3 is 2.44 bits per heavy atom. The van der Waals surface area contributed by atoms with Gasteiger partial charge in [0, 0.05) is 6.54 Å². The van der Waals surface area contributed by atoms with E-state index in [1.807, 2.05) is 13.8 Å². The van der Waals surface area contributed by atoms with Gasteiger partial charge in [0.05, 0.1) is 12.5 Å². The Morgan fingerprint density at radius 2 is 1.94 bits per heavy atom. The highest BCUT2D eigenvalue weighted by molar-refractivity contribution is 5.79. The van der Waals surface area contributed by atoms with Crippen LogP contribution in [0.5, 0.6) is 0 Å². The van der Waals surface area contributed by atoms with E-state index in [4.69, 9.17) is 5.11 Å². The van der Waals surface area contributed by atoms with E-state index in [0.29, 0.717) is 6.42 Å². The number of aliphatic carboxylic acids is 1. The molecule has 5 nitrogen and oxygen atoms in total. The van der Waals surface area contributed by atoms with Crippen LogP contribution in [-0.2, 0) is 9.59 Å². The number of rotatable bonds is 9. The SMILES string of the molecule is CCCNCC(=O)NCC(CCC)C(=O)O. The molecule has 0 aromatic rings. The summed E-state index contributed by atoms with van der Waals surface area (Å²) in [4.78, 5) is 22.1. The summed E-state index contributed by atoms with van der Waals surface area (Å²) in [7, 11) is 0. The molecule has 0 heterocycles. The number of carboxylic acids is 1. The molecule has 0 spiro atoms. The van der Waals surface area contributed by atoms with Crippen LogP contribution in [0, 0.1) is 5.92 Å². The van der Waals surface area contributed by atoms with Gasteiger partial charge in [-0.1, -0.05) is 20.3 Å². The van der Waals surface area contributed by atoms with Crippen molar-refractivity contribution in [1.82, 2.24) is 10.6 Å². The van der Waals surface area contributed by atoms with Crippen LogP contribution >= 0.6 is 0 Å². The molecule has 16 heavy (non-hydrogen) atoms. The van der Waals surface area contributed by atoms with E-state index in [1.54, 1.807) is 0 Å². The van der Waals surface area contributed by atoms with Gasteiger partial charge in [0.15, 0.2) is 0 Å². The fraction of sp³-hybridized carbons (Fsp3) is 0.818. The topological polar surface area (TPSA) is 78.4 Å². The molecule has 0 aromatic carbocycles. The number of hydrogen-bond donors (Lipinski definition) is 3. The first-order valence-electron chi connectivity index (χ1n) is 5.82. The molecule has 0 aliphatic rings. The molecule has 0 bridgehead atoms. The minimum absolute atomic E-state index is 0.143. The molecule has 3 N–H and O–H groups in total. The van der Waals surface area contributed by atoms with Crippen LogP contribution in [0.4, 0.5) is 0 Å². The monoisotopic (exact) mass is 230 g/mol. The summed E-state index contributed by atoms with van der Waals surface area (Å²) < 4.78 is 0. The molecule has 0 aliphatic heterocycles. The molecular weight excluding hydrogens is 208 g/mol. The van der Waals surface area contributed by atoms with Crippen LogP contribution in [0.25, 0.3) is 0 Å². The molecule has 0 aliphatic carbocycles. The number of amides is 1. The second kappa shape index (κ2) is 9.15. The first-order chi connectivity index (χ1) is 7.61. The third kappa shape index (κ3) is 7.23. The second-order valence-electron chi connectivity index (χ2n) is 3.80. The van der Waals surface area contributed by atoms with Gasteiger partial charge in [0.25, 0.3) is 0 Å². The lowest BCUT2D eigenvalue weighted by Gasteiger charge is -2.12. The maximum Gasteiger partial charge on any atom is 0.308 e. The summed E-state index contributed by atoms with van der Waals surface area (Å²) in [6.45, 7) is 5.22. The molecular formula is C11H22N2O3. The maximum atomic E-state index is 11.3. The molecule has 0 rings (SSSR count). The predicted molar refractivity (Wildman–Crippen MR) is 62.2 cm³/mol. The predicted octanol–water partition coefficient (Wildman–Crippen LogP) is 0.603. The van der Waals surface area contributed by atoms with Crippen molar-refractivity contribution < 1.29 is 14.7 Å². The van der Waals surface area contributed by atoms with Gasteiger partial charge < -0.3 is 15.7 Å². The van der Waals surface area contributed by atoms with Crippen LogP contribution in [0.3, 0.4) is 0 Å². The molecule has 0 radical (unpaired) electrons. The van der Waals surface area contributed by atoms with Crippen LogP contribution < -0.4 is 10.6 Å². The lowest BCUT2D eigenvalue weighted by molar-refractivity contribution is -0.141. The van der Waals surface area contributed by atoms with Gasteiger partial charge in [-0.2, -0.15) is 0 Å². The Hall–Kier alpha value is -1.10. The molecule has 0 saturated carbocycles. The summed E-state index contributed by atoms with van der Waals surface area (Å²) >= 11 is 0. The van der Waals surface area contributed by atoms with Crippen LogP contribution in [0.15, 0.2) is 0 Å². The van der Waals surface area contributed by atoms with Crippen molar-refractivity contribution in [2.75, 3.05) is 19.6 Å². The van der Waals surface area contributed by atoms with Crippen molar-refractivity contribution in [3.05, 3.63) is 0 Å². The zero-order valence-electron chi connectivity index (χ0n) is 10.1. The largest absolute Gasteiger partial charge is 0.481 e. The van der Waals surface area contributed by atoms with Gasteiger partial charge in [0.2, 0.25) is 5.91 Å². The summed E-state index contributed by atoms with van der Waals surface area (Å²) in [5.74, 6) is -1.46. The molecule has 1 unspecified atom stereocenters. The Morgan fingerprint density at radius 1 is 1.25 bits per heavy atom. The van der Waals surface area contributed by atoms with Crippen molar-refractivity contribution in [1.29, 1.82) is 0 Å². The number of carbonyl (C=O) groups is 2. The van der Waals surface area contributed by atoms with E-state index >= 15 is 0 Å². The summed E-state index contributed by atoms with van der Waals surface area (Å²) in [6.07, 6.45) is 2.37. The van der Waals surface area contributed by atoms with Crippen molar-refractivity contribution >= 4 is 11.9 Å². The van der Waals surface area contributed by atoms with Gasteiger partial charge in [-0.3, -0.25) is 9.59 Å². The zero-order valence-corrected chi connectivity index (χ0v) is 10.1. The average molecular weight is 230 g/mol. The number of carboxylic acid groups (broad SMARTS) is 1. The smallest absolute Gasteiger partial charge is 0.308 e. The van der Waals surface area contributed by atoms with Crippen LogP contribution in [-0.4, -0.2) is 36.6 Å². The Kier molecular flexibility index (Phi) is 8.52. The summed E-state index contributed by atoms with van der Waals surface area (Å²) in [5, 5.41) is 14.5. The van der Waals surface area contributed by atoms with Gasteiger partial charge in [-0.25, -0.2) is 0 Å². The minimum atomic E-state index is -0.844. The molecule has 5 heteroatoms. The standard InChI is InChI=1S/C11H22N2O3/c1-3-5-9(11(15)16)7-13-10(14)8-12-6-4-2/h9,12H,3-8H2,1-2H3,(H,13,14)(H,15,16). The minimum Gasteiger partial charge on any atom is -0.481 e. The third-order valence-electron chi connectivity index (χ3n) is 2.24. The van der Waals surface area contributed by atoms with E-state index in [2.05, 4.69) is 10.6 Å². The highest BCUT2D eigenvalue weighted by Crippen LogP contribution is 2.04. The number of carbonyl (C=O) groups excluding carboxylic acids is 1. The fourth-order valence-electron chi connectivity index (χ4n) is 1.34. The second-order valence-corrected chi connectivity index (χ2v) is 3.80. The molecule has 0 aromatic heterocycles. The normalized spacial score (nSPS) is 12.1. The first-order valence-corrected chi connectivity index (χ1v) is 5.82. The van der Waals surface area contributed by atoms with Crippen molar-refractivity contribution in [3.63, 3.8) is 0 Å². The van der Waals surface area contributed by atoms with E-state index in [0.717, 1.165) is 19.4 Å². The summed E-state index contributed by atoms with van der Waals surface area (Å²) in [6, 6.07) is 0. The molecule has 0 saturated heterocycles. The molecule has 94 valence electrons. The average Bonchev–Trinajstić information content (AvgIpc) is 2.24. The van der Waals surface area contributed by atoms with Gasteiger partial charge >= 0.3 is 5.97 Å². The van der Waals surface area contributed by atoms with Crippen molar-refractivity contribution in [2.45, 2.75) is 33.1 Å². The van der Waals surface area contributed by atoms with Gasteiger partial charge in [-0.05, 0) is 19.4 Å².